The maximum atomic E-state index is 13.4. The van der Waals surface area contributed by atoms with Crippen molar-refractivity contribution in [2.45, 2.75) is 6.92 Å². The standard InChI is InChI=1S/C15H11ClF2O2/c1-9-5-6-10(16)7-14(9)20-8-13(19)15-11(17)3-2-4-12(15)18/h2-7H,8H2,1H3. The molecule has 0 aliphatic heterocycles. The number of Topliss-reactive ketones (excluding diaryl/α,β-unsaturated/α-hetero) is 1. The minimum atomic E-state index is -0.901. The molecule has 0 atom stereocenters. The van der Waals surface area contributed by atoms with Crippen molar-refractivity contribution in [3.05, 3.63) is 64.2 Å². The van der Waals surface area contributed by atoms with Gasteiger partial charge in [0.15, 0.2) is 6.61 Å². The molecule has 0 heterocycles. The van der Waals surface area contributed by atoms with E-state index >= 15 is 0 Å². The Morgan fingerprint density at radius 3 is 2.50 bits per heavy atom. The van der Waals surface area contributed by atoms with Gasteiger partial charge in [0, 0.05) is 5.02 Å². The van der Waals surface area contributed by atoms with Crippen molar-refractivity contribution in [3.63, 3.8) is 0 Å². The molecular formula is C15H11ClF2O2. The molecule has 0 unspecified atom stereocenters. The maximum Gasteiger partial charge on any atom is 0.206 e. The maximum absolute atomic E-state index is 13.4. The Hall–Kier alpha value is -1.94. The van der Waals surface area contributed by atoms with Gasteiger partial charge in [-0.25, -0.2) is 8.78 Å². The average molecular weight is 297 g/mol. The second kappa shape index (κ2) is 6.01. The highest BCUT2D eigenvalue weighted by Gasteiger charge is 2.17. The molecule has 0 saturated carbocycles. The Kier molecular flexibility index (Phi) is 4.35. The minimum Gasteiger partial charge on any atom is -0.485 e. The van der Waals surface area contributed by atoms with Crippen molar-refractivity contribution in [3.8, 4) is 5.75 Å². The summed E-state index contributed by atoms with van der Waals surface area (Å²) in [6, 6.07) is 8.21. The minimum absolute atomic E-state index is 0.405. The Morgan fingerprint density at radius 1 is 1.20 bits per heavy atom. The van der Waals surface area contributed by atoms with E-state index in [9.17, 15) is 13.6 Å². The fraction of sp³-hybridized carbons (Fsp3) is 0.133. The highest BCUT2D eigenvalue weighted by Crippen LogP contribution is 2.23. The van der Waals surface area contributed by atoms with E-state index < -0.39 is 29.6 Å². The number of carbonyl (C=O) groups is 1. The summed E-state index contributed by atoms with van der Waals surface area (Å²) >= 11 is 5.81. The zero-order valence-corrected chi connectivity index (χ0v) is 11.4. The number of carbonyl (C=O) groups excluding carboxylic acids is 1. The van der Waals surface area contributed by atoms with E-state index in [0.717, 1.165) is 17.7 Å². The molecule has 20 heavy (non-hydrogen) atoms. The molecule has 0 bridgehead atoms. The van der Waals surface area contributed by atoms with Crippen LogP contribution in [0.15, 0.2) is 36.4 Å². The van der Waals surface area contributed by atoms with E-state index in [1.807, 2.05) is 0 Å². The van der Waals surface area contributed by atoms with Crippen LogP contribution in [0.3, 0.4) is 0 Å². The first-order valence-electron chi connectivity index (χ1n) is 5.85. The number of benzene rings is 2. The van der Waals surface area contributed by atoms with Crippen LogP contribution in [-0.2, 0) is 0 Å². The Balaban J connectivity index is 2.15. The summed E-state index contributed by atoms with van der Waals surface area (Å²) in [6.07, 6.45) is 0. The first kappa shape index (κ1) is 14.5. The molecule has 0 N–H and O–H groups in total. The Bertz CT molecular complexity index is 636. The molecule has 0 spiro atoms. The molecular weight excluding hydrogens is 286 g/mol. The van der Waals surface area contributed by atoms with Crippen molar-refractivity contribution >= 4 is 17.4 Å². The summed E-state index contributed by atoms with van der Waals surface area (Å²) in [7, 11) is 0. The van der Waals surface area contributed by atoms with Crippen LogP contribution < -0.4 is 4.74 Å². The SMILES string of the molecule is Cc1ccc(Cl)cc1OCC(=O)c1c(F)cccc1F. The summed E-state index contributed by atoms with van der Waals surface area (Å²) in [5, 5.41) is 0.454. The van der Waals surface area contributed by atoms with Crippen LogP contribution in [-0.4, -0.2) is 12.4 Å². The molecule has 0 saturated heterocycles. The second-order valence-electron chi connectivity index (χ2n) is 4.22. The van der Waals surface area contributed by atoms with E-state index in [1.165, 1.54) is 6.07 Å². The van der Waals surface area contributed by atoms with E-state index in [-0.39, 0.29) is 0 Å². The van der Waals surface area contributed by atoms with E-state index in [0.29, 0.717) is 10.8 Å². The third-order valence-electron chi connectivity index (χ3n) is 2.75. The molecule has 0 fully saturated rings. The van der Waals surface area contributed by atoms with E-state index in [1.54, 1.807) is 25.1 Å². The fourth-order valence-electron chi connectivity index (χ4n) is 1.71. The van der Waals surface area contributed by atoms with Gasteiger partial charge in [-0.05, 0) is 36.8 Å². The van der Waals surface area contributed by atoms with Gasteiger partial charge in [0.05, 0.1) is 5.56 Å². The molecule has 2 rings (SSSR count). The summed E-state index contributed by atoms with van der Waals surface area (Å²) in [5.74, 6) is -2.16. The van der Waals surface area contributed by atoms with Gasteiger partial charge in [0.2, 0.25) is 5.78 Å². The molecule has 104 valence electrons. The topological polar surface area (TPSA) is 26.3 Å². The molecule has 2 nitrogen and oxygen atoms in total. The molecule has 0 amide bonds. The molecule has 0 aliphatic rings. The summed E-state index contributed by atoms with van der Waals surface area (Å²) in [5.41, 5.74) is 0.184. The highest BCUT2D eigenvalue weighted by molar-refractivity contribution is 6.30. The van der Waals surface area contributed by atoms with Gasteiger partial charge in [0.1, 0.15) is 17.4 Å². The monoisotopic (exact) mass is 296 g/mol. The number of hydrogen-bond acceptors (Lipinski definition) is 2. The van der Waals surface area contributed by atoms with Crippen molar-refractivity contribution in [2.75, 3.05) is 6.61 Å². The zero-order chi connectivity index (χ0) is 14.7. The normalized spacial score (nSPS) is 10.4. The van der Waals surface area contributed by atoms with Crippen molar-refractivity contribution in [1.82, 2.24) is 0 Å². The quantitative estimate of drug-likeness (QED) is 0.791. The number of ketones is 1. The lowest BCUT2D eigenvalue weighted by Crippen LogP contribution is -2.15. The lowest BCUT2D eigenvalue weighted by atomic mass is 10.1. The first-order valence-corrected chi connectivity index (χ1v) is 6.23. The largest absolute Gasteiger partial charge is 0.485 e. The van der Waals surface area contributed by atoms with Crippen LogP contribution in [0.4, 0.5) is 8.78 Å². The summed E-state index contributed by atoms with van der Waals surface area (Å²) in [6.45, 7) is 1.32. The second-order valence-corrected chi connectivity index (χ2v) is 4.65. The van der Waals surface area contributed by atoms with Crippen LogP contribution in [0.5, 0.6) is 5.75 Å². The molecule has 0 aliphatic carbocycles. The van der Waals surface area contributed by atoms with Gasteiger partial charge in [-0.15, -0.1) is 0 Å². The molecule has 2 aromatic rings. The fourth-order valence-corrected chi connectivity index (χ4v) is 1.87. The third kappa shape index (κ3) is 3.14. The van der Waals surface area contributed by atoms with Crippen LogP contribution in [0.2, 0.25) is 5.02 Å². The molecule has 5 heteroatoms. The average Bonchev–Trinajstić information content (AvgIpc) is 2.39. The smallest absolute Gasteiger partial charge is 0.206 e. The first-order chi connectivity index (χ1) is 9.49. The highest BCUT2D eigenvalue weighted by atomic mass is 35.5. The lowest BCUT2D eigenvalue weighted by molar-refractivity contribution is 0.0912. The third-order valence-corrected chi connectivity index (χ3v) is 2.99. The van der Waals surface area contributed by atoms with Crippen molar-refractivity contribution in [2.24, 2.45) is 0 Å². The predicted molar refractivity (Wildman–Crippen MR) is 72.4 cm³/mol. The number of hydrogen-bond donors (Lipinski definition) is 0. The van der Waals surface area contributed by atoms with Crippen LogP contribution in [0.1, 0.15) is 15.9 Å². The van der Waals surface area contributed by atoms with E-state index in [4.69, 9.17) is 16.3 Å². The van der Waals surface area contributed by atoms with Crippen LogP contribution in [0, 0.1) is 18.6 Å². The zero-order valence-electron chi connectivity index (χ0n) is 10.6. The van der Waals surface area contributed by atoms with Crippen LogP contribution >= 0.6 is 11.6 Å². The lowest BCUT2D eigenvalue weighted by Gasteiger charge is -2.09. The van der Waals surface area contributed by atoms with E-state index in [2.05, 4.69) is 0 Å². The molecule has 0 radical (unpaired) electrons. The van der Waals surface area contributed by atoms with Crippen molar-refractivity contribution < 1.29 is 18.3 Å². The van der Waals surface area contributed by atoms with Gasteiger partial charge < -0.3 is 4.74 Å². The summed E-state index contributed by atoms with van der Waals surface area (Å²) < 4.78 is 32.1. The van der Waals surface area contributed by atoms with Crippen molar-refractivity contribution in [1.29, 1.82) is 0 Å². The van der Waals surface area contributed by atoms with Crippen LogP contribution in [0.25, 0.3) is 0 Å². The molecule has 2 aromatic carbocycles. The predicted octanol–water partition coefficient (Wildman–Crippen LogP) is 4.19. The van der Waals surface area contributed by atoms with Gasteiger partial charge >= 0.3 is 0 Å². The number of aryl methyl sites for hydroxylation is 1. The number of rotatable bonds is 4. The van der Waals surface area contributed by atoms with Gasteiger partial charge in [0.25, 0.3) is 0 Å². The Labute approximate surface area is 119 Å². The Morgan fingerprint density at radius 2 is 1.85 bits per heavy atom. The molecule has 0 aromatic heterocycles. The summed E-state index contributed by atoms with van der Waals surface area (Å²) in [4.78, 5) is 11.8. The van der Waals surface area contributed by atoms with Gasteiger partial charge in [-0.1, -0.05) is 23.7 Å². The van der Waals surface area contributed by atoms with Gasteiger partial charge in [-0.3, -0.25) is 4.79 Å². The number of ether oxygens (including phenoxy) is 1. The number of halogens is 3. The van der Waals surface area contributed by atoms with Gasteiger partial charge in [-0.2, -0.15) is 0 Å².